The van der Waals surface area contributed by atoms with Crippen molar-refractivity contribution in [2.75, 3.05) is 0 Å². The molecule has 1 aromatic carbocycles. The van der Waals surface area contributed by atoms with Crippen LogP contribution in [-0.2, 0) is 13.0 Å². The van der Waals surface area contributed by atoms with Gasteiger partial charge < -0.3 is 4.57 Å². The van der Waals surface area contributed by atoms with E-state index in [0.29, 0.717) is 0 Å². The van der Waals surface area contributed by atoms with Crippen LogP contribution in [0.1, 0.15) is 5.56 Å². The Kier molecular flexibility index (Phi) is 3.04. The minimum Gasteiger partial charge on any atom is -0.347 e. The molecule has 0 radical (unpaired) electrons. The molecular weight excluding hydrogens is 294 g/mol. The van der Waals surface area contributed by atoms with Gasteiger partial charge in [0.1, 0.15) is 0 Å². The number of fused-ring (bicyclic) bond motifs is 1. The Bertz CT molecular complexity index is 625. The van der Waals surface area contributed by atoms with Crippen molar-refractivity contribution in [2.45, 2.75) is 13.0 Å². The summed E-state index contributed by atoms with van der Waals surface area (Å²) in [6.45, 7) is 1.04. The molecule has 0 saturated heterocycles. The van der Waals surface area contributed by atoms with E-state index in [-0.39, 0.29) is 0 Å². The van der Waals surface area contributed by atoms with Crippen LogP contribution in [0, 0.1) is 0 Å². The summed E-state index contributed by atoms with van der Waals surface area (Å²) >= 11 is 5.35. The molecule has 0 bridgehead atoms. The molecule has 2 heterocycles. The lowest BCUT2D eigenvalue weighted by molar-refractivity contribution is 0.724. The van der Waals surface area contributed by atoms with E-state index in [0.717, 1.165) is 13.0 Å². The Balaban J connectivity index is 1.88. The van der Waals surface area contributed by atoms with E-state index in [2.05, 4.69) is 67.8 Å². The Morgan fingerprint density at radius 2 is 2.12 bits per heavy atom. The average Bonchev–Trinajstić information content (AvgIpc) is 2.95. The highest BCUT2D eigenvalue weighted by atomic mass is 79.9. The molecule has 2 aromatic heterocycles. The molecule has 1 nitrogen and oxygen atoms in total. The van der Waals surface area contributed by atoms with Gasteiger partial charge in [-0.1, -0.05) is 22.0 Å². The van der Waals surface area contributed by atoms with Crippen LogP contribution in [0.25, 0.3) is 10.9 Å². The van der Waals surface area contributed by atoms with Crippen LogP contribution in [0.5, 0.6) is 0 Å². The monoisotopic (exact) mass is 305 g/mol. The fourth-order valence-electron chi connectivity index (χ4n) is 2.07. The Hall–Kier alpha value is -1.06. The summed E-state index contributed by atoms with van der Waals surface area (Å²) < 4.78 is 3.49. The van der Waals surface area contributed by atoms with E-state index in [1.165, 1.54) is 20.9 Å². The van der Waals surface area contributed by atoms with E-state index in [1.807, 2.05) is 0 Å². The zero-order chi connectivity index (χ0) is 11.7. The lowest BCUT2D eigenvalue weighted by Gasteiger charge is -2.04. The van der Waals surface area contributed by atoms with Crippen molar-refractivity contribution < 1.29 is 0 Å². The molecule has 3 aromatic rings. The summed E-state index contributed by atoms with van der Waals surface area (Å²) in [4.78, 5) is 0. The van der Waals surface area contributed by atoms with Crippen LogP contribution < -0.4 is 0 Å². The van der Waals surface area contributed by atoms with Crippen LogP contribution in [-0.4, -0.2) is 4.57 Å². The zero-order valence-electron chi connectivity index (χ0n) is 9.27. The van der Waals surface area contributed by atoms with Gasteiger partial charge in [-0.2, -0.15) is 11.3 Å². The number of aryl methyl sites for hydroxylation is 2. The molecule has 0 aliphatic rings. The predicted octanol–water partition coefficient (Wildman–Crippen LogP) is 4.71. The minimum absolute atomic E-state index is 1.04. The third kappa shape index (κ3) is 2.17. The summed E-state index contributed by atoms with van der Waals surface area (Å²) in [7, 11) is 0. The first-order valence-electron chi connectivity index (χ1n) is 5.59. The lowest BCUT2D eigenvalue weighted by atomic mass is 10.2. The number of halogens is 1. The summed E-state index contributed by atoms with van der Waals surface area (Å²) in [5.41, 5.74) is 2.72. The highest BCUT2D eigenvalue weighted by molar-refractivity contribution is 9.10. The Morgan fingerprint density at radius 1 is 1.18 bits per heavy atom. The van der Waals surface area contributed by atoms with E-state index < -0.39 is 0 Å². The third-order valence-corrected chi connectivity index (χ3v) is 4.41. The molecule has 0 N–H and O–H groups in total. The van der Waals surface area contributed by atoms with Crippen molar-refractivity contribution in [2.24, 2.45) is 0 Å². The number of nitrogens with zero attached hydrogens (tertiary/aromatic N) is 1. The van der Waals surface area contributed by atoms with Gasteiger partial charge in [0.25, 0.3) is 0 Å². The maximum Gasteiger partial charge on any atom is 0.0491 e. The number of hydrogen-bond donors (Lipinski definition) is 0. The Labute approximate surface area is 113 Å². The first-order valence-corrected chi connectivity index (χ1v) is 7.32. The van der Waals surface area contributed by atoms with Crippen molar-refractivity contribution in [1.29, 1.82) is 0 Å². The molecule has 0 amide bonds. The molecule has 0 unspecified atom stereocenters. The molecule has 0 spiro atoms. The van der Waals surface area contributed by atoms with E-state index >= 15 is 0 Å². The zero-order valence-corrected chi connectivity index (χ0v) is 11.7. The predicted molar refractivity (Wildman–Crippen MR) is 77.7 cm³/mol. The van der Waals surface area contributed by atoms with Crippen LogP contribution in [0.3, 0.4) is 0 Å². The Morgan fingerprint density at radius 3 is 2.94 bits per heavy atom. The van der Waals surface area contributed by atoms with Crippen molar-refractivity contribution >= 4 is 38.2 Å². The van der Waals surface area contributed by atoms with Crippen molar-refractivity contribution in [3.8, 4) is 0 Å². The first kappa shape index (κ1) is 11.1. The number of rotatable bonds is 3. The summed E-state index contributed by atoms with van der Waals surface area (Å²) in [6, 6.07) is 10.7. The van der Waals surface area contributed by atoms with Gasteiger partial charge in [-0.25, -0.2) is 0 Å². The van der Waals surface area contributed by atoms with Crippen LogP contribution in [0.15, 0.2) is 51.8 Å². The number of hydrogen-bond acceptors (Lipinski definition) is 1. The normalized spacial score (nSPS) is 11.1. The van der Waals surface area contributed by atoms with Gasteiger partial charge in [0.05, 0.1) is 0 Å². The molecule has 3 heteroatoms. The van der Waals surface area contributed by atoms with Gasteiger partial charge in [-0.3, -0.25) is 0 Å². The van der Waals surface area contributed by atoms with E-state index in [9.17, 15) is 0 Å². The van der Waals surface area contributed by atoms with Gasteiger partial charge in [0.2, 0.25) is 0 Å². The topological polar surface area (TPSA) is 4.93 Å². The maximum absolute atomic E-state index is 3.59. The summed E-state index contributed by atoms with van der Waals surface area (Å²) in [5, 5.41) is 5.65. The molecule has 0 saturated carbocycles. The lowest BCUT2D eigenvalue weighted by Crippen LogP contribution is -1.98. The first-order chi connectivity index (χ1) is 8.34. The third-order valence-electron chi connectivity index (χ3n) is 2.98. The van der Waals surface area contributed by atoms with Crippen molar-refractivity contribution in [3.05, 3.63) is 57.3 Å². The largest absolute Gasteiger partial charge is 0.347 e. The van der Waals surface area contributed by atoms with E-state index in [4.69, 9.17) is 0 Å². The van der Waals surface area contributed by atoms with Crippen LogP contribution in [0.4, 0.5) is 0 Å². The highest BCUT2D eigenvalue weighted by Gasteiger charge is 2.03. The number of thiophene rings is 1. The van der Waals surface area contributed by atoms with Gasteiger partial charge in [-0.15, -0.1) is 0 Å². The standard InChI is InChI=1S/C14H12BrNS/c15-13-2-1-3-14-12(13)5-8-16(14)7-4-11-6-9-17-10-11/h1-3,5-6,8-10H,4,7H2. The minimum atomic E-state index is 1.04. The highest BCUT2D eigenvalue weighted by Crippen LogP contribution is 2.24. The van der Waals surface area contributed by atoms with Crippen molar-refractivity contribution in [3.63, 3.8) is 0 Å². The molecular formula is C14H12BrNS. The maximum atomic E-state index is 3.59. The average molecular weight is 306 g/mol. The second kappa shape index (κ2) is 4.67. The van der Waals surface area contributed by atoms with Crippen molar-refractivity contribution in [1.82, 2.24) is 4.57 Å². The smallest absolute Gasteiger partial charge is 0.0491 e. The molecule has 0 atom stereocenters. The van der Waals surface area contributed by atoms with Crippen LogP contribution >= 0.6 is 27.3 Å². The van der Waals surface area contributed by atoms with Gasteiger partial charge in [-0.05, 0) is 47.0 Å². The molecule has 0 fully saturated rings. The fraction of sp³-hybridized carbons (Fsp3) is 0.143. The second-order valence-corrected chi connectivity index (χ2v) is 5.70. The molecule has 3 rings (SSSR count). The molecule has 0 aliphatic carbocycles. The second-order valence-electron chi connectivity index (χ2n) is 4.06. The molecule has 17 heavy (non-hydrogen) atoms. The SMILES string of the molecule is Brc1cccc2c1ccn2CCc1ccsc1. The summed E-state index contributed by atoms with van der Waals surface area (Å²) in [6.07, 6.45) is 3.27. The van der Waals surface area contributed by atoms with E-state index in [1.54, 1.807) is 11.3 Å². The number of benzene rings is 1. The van der Waals surface area contributed by atoms with Crippen LogP contribution in [0.2, 0.25) is 0 Å². The van der Waals surface area contributed by atoms with Gasteiger partial charge in [0, 0.05) is 28.1 Å². The quantitative estimate of drug-likeness (QED) is 0.660. The molecule has 86 valence electrons. The van der Waals surface area contributed by atoms with Gasteiger partial charge >= 0.3 is 0 Å². The summed E-state index contributed by atoms with van der Waals surface area (Å²) in [5.74, 6) is 0. The number of aromatic nitrogens is 1. The molecule has 0 aliphatic heterocycles. The fourth-order valence-corrected chi connectivity index (χ4v) is 3.26. The van der Waals surface area contributed by atoms with Gasteiger partial charge in [0.15, 0.2) is 0 Å².